The Morgan fingerprint density at radius 2 is 0.467 bits per heavy atom. The molecular weight excluding hydrogens is 721 g/mol. The molecule has 290 valence electrons. The minimum Gasteiger partial charge on any atom is -0.0573 e. The van der Waals surface area contributed by atoms with Crippen LogP contribution in [0.4, 0.5) is 0 Å². The third kappa shape index (κ3) is 4.80. The summed E-state index contributed by atoms with van der Waals surface area (Å²) in [6, 6.07) is 54.6. The first-order chi connectivity index (χ1) is 28.7. The van der Waals surface area contributed by atoms with Crippen LogP contribution in [-0.2, 0) is 16.2 Å². The first kappa shape index (κ1) is 35.7. The molecule has 12 rings (SSSR count). The fraction of sp³-hybridized carbons (Fsp3) is 0.200. The van der Waals surface area contributed by atoms with Gasteiger partial charge in [0.2, 0.25) is 0 Å². The third-order valence-electron chi connectivity index (χ3n) is 14.1. The van der Waals surface area contributed by atoms with Crippen molar-refractivity contribution in [3.05, 3.63) is 156 Å². The zero-order valence-corrected chi connectivity index (χ0v) is 36.3. The highest BCUT2D eigenvalue weighted by Gasteiger charge is 2.26. The van der Waals surface area contributed by atoms with E-state index in [2.05, 4.69) is 202 Å². The van der Waals surface area contributed by atoms with Crippen LogP contribution in [0.15, 0.2) is 140 Å². The first-order valence-corrected chi connectivity index (χ1v) is 21.8. The Morgan fingerprint density at radius 3 is 0.867 bits per heavy atom. The molecule has 0 unspecified atom stereocenters. The summed E-state index contributed by atoms with van der Waals surface area (Å²) in [4.78, 5) is 0. The molecule has 12 aromatic carbocycles. The van der Waals surface area contributed by atoms with Gasteiger partial charge in [-0.15, -0.1) is 0 Å². The van der Waals surface area contributed by atoms with Crippen LogP contribution in [0.25, 0.3) is 119 Å². The quantitative estimate of drug-likeness (QED) is 0.154. The molecule has 0 heteroatoms. The summed E-state index contributed by atoms with van der Waals surface area (Å²) in [5.74, 6) is 0. The lowest BCUT2D eigenvalue weighted by atomic mass is 9.77. The van der Waals surface area contributed by atoms with Gasteiger partial charge in [0.05, 0.1) is 0 Å². The Hall–Kier alpha value is -6.24. The number of hydrogen-bond acceptors (Lipinski definition) is 0. The summed E-state index contributed by atoms with van der Waals surface area (Å²) < 4.78 is 0. The largest absolute Gasteiger partial charge is 0.0573 e. The van der Waals surface area contributed by atoms with Crippen LogP contribution in [0.5, 0.6) is 0 Å². The van der Waals surface area contributed by atoms with Gasteiger partial charge in [-0.05, 0) is 158 Å². The molecule has 0 aromatic heterocycles. The van der Waals surface area contributed by atoms with Crippen molar-refractivity contribution in [2.24, 2.45) is 0 Å². The SMILES string of the molecule is CC(C)(C)c1ccc2ccc3c(-c4ccc5ccc6c(-c7ccc8ccc9c(C(C)(C)C)ccc%10ccc7c8c%109)cc(C(C)(C)C)c7ccc4c5c67)ccc4ccc1c2c43. The molecule has 0 fully saturated rings. The van der Waals surface area contributed by atoms with E-state index in [9.17, 15) is 0 Å². The van der Waals surface area contributed by atoms with Gasteiger partial charge in [0, 0.05) is 0 Å². The first-order valence-electron chi connectivity index (χ1n) is 21.8. The van der Waals surface area contributed by atoms with Crippen molar-refractivity contribution in [3.63, 3.8) is 0 Å². The predicted molar refractivity (Wildman–Crippen MR) is 265 cm³/mol. The van der Waals surface area contributed by atoms with Gasteiger partial charge in [-0.1, -0.05) is 196 Å². The molecule has 0 heterocycles. The summed E-state index contributed by atoms with van der Waals surface area (Å²) in [6.45, 7) is 21.1. The molecule has 0 aliphatic heterocycles. The Morgan fingerprint density at radius 1 is 0.217 bits per heavy atom. The van der Waals surface area contributed by atoms with E-state index in [1.165, 1.54) is 136 Å². The molecule has 0 saturated heterocycles. The van der Waals surface area contributed by atoms with Gasteiger partial charge >= 0.3 is 0 Å². The van der Waals surface area contributed by atoms with E-state index in [4.69, 9.17) is 0 Å². The van der Waals surface area contributed by atoms with Gasteiger partial charge in [-0.2, -0.15) is 0 Å². The maximum atomic E-state index is 2.53. The van der Waals surface area contributed by atoms with E-state index in [0.29, 0.717) is 0 Å². The molecule has 0 aliphatic rings. The molecule has 0 saturated carbocycles. The van der Waals surface area contributed by atoms with Crippen LogP contribution in [-0.4, -0.2) is 0 Å². The summed E-state index contributed by atoms with van der Waals surface area (Å²) >= 11 is 0. The summed E-state index contributed by atoms with van der Waals surface area (Å²) in [5.41, 5.74) is 9.46. The Kier molecular flexibility index (Phi) is 6.98. The van der Waals surface area contributed by atoms with Gasteiger partial charge in [0.25, 0.3) is 0 Å². The van der Waals surface area contributed by atoms with E-state index < -0.39 is 0 Å². The fourth-order valence-electron chi connectivity index (χ4n) is 11.4. The van der Waals surface area contributed by atoms with E-state index in [1.54, 1.807) is 0 Å². The molecule has 0 bridgehead atoms. The highest BCUT2D eigenvalue weighted by Crippen LogP contribution is 2.50. The highest BCUT2D eigenvalue weighted by molar-refractivity contribution is 6.32. The van der Waals surface area contributed by atoms with E-state index >= 15 is 0 Å². The molecule has 0 aliphatic carbocycles. The minimum absolute atomic E-state index is 0.0467. The fourth-order valence-corrected chi connectivity index (χ4v) is 11.4. The topological polar surface area (TPSA) is 0 Å². The van der Waals surface area contributed by atoms with Crippen molar-refractivity contribution in [3.8, 4) is 22.3 Å². The minimum atomic E-state index is -0.0662. The predicted octanol–water partition coefficient (Wildman–Crippen LogP) is 17.6. The van der Waals surface area contributed by atoms with Crippen LogP contribution in [0, 0.1) is 0 Å². The number of hydrogen-bond donors (Lipinski definition) is 0. The molecule has 12 aromatic rings. The monoisotopic (exact) mass is 770 g/mol. The molecule has 0 atom stereocenters. The maximum absolute atomic E-state index is 2.53. The van der Waals surface area contributed by atoms with Gasteiger partial charge in [-0.3, -0.25) is 0 Å². The third-order valence-corrected chi connectivity index (χ3v) is 14.1. The van der Waals surface area contributed by atoms with E-state index in [0.717, 1.165) is 0 Å². The summed E-state index contributed by atoms with van der Waals surface area (Å²) in [6.07, 6.45) is 0. The standard InChI is InChI=1S/C60H50/c1-58(2,3)49-30-18-36-13-23-41-38(20-10-33-16-26-45(49)55(36)52(33)41)39-21-11-35-15-25-44-48(32-51(60(7,8)9)47-29-28-43(39)54(35)57(44)47)40-22-12-34-17-27-46-50(59(4,5)6)31-19-37-14-24-42(40)53(34)56(37)46/h10-32H,1-9H3. The highest BCUT2D eigenvalue weighted by atomic mass is 14.3. The number of rotatable bonds is 2. The van der Waals surface area contributed by atoms with Crippen LogP contribution in [0.1, 0.15) is 79.0 Å². The molecule has 60 heavy (non-hydrogen) atoms. The molecule has 0 spiro atoms. The smallest absolute Gasteiger partial charge is 0.00174 e. The maximum Gasteiger partial charge on any atom is -0.00174 e. The van der Waals surface area contributed by atoms with Crippen molar-refractivity contribution >= 4 is 97.0 Å². The molecule has 0 N–H and O–H groups in total. The van der Waals surface area contributed by atoms with Gasteiger partial charge in [-0.25, -0.2) is 0 Å². The second kappa shape index (κ2) is 11.7. The lowest BCUT2D eigenvalue weighted by Crippen LogP contribution is -2.12. The zero-order chi connectivity index (χ0) is 41.2. The van der Waals surface area contributed by atoms with Crippen molar-refractivity contribution < 1.29 is 0 Å². The van der Waals surface area contributed by atoms with Crippen LogP contribution >= 0.6 is 0 Å². The second-order valence-electron chi connectivity index (χ2n) is 20.9. The van der Waals surface area contributed by atoms with Gasteiger partial charge < -0.3 is 0 Å². The average molecular weight is 771 g/mol. The van der Waals surface area contributed by atoms with Crippen molar-refractivity contribution in [2.45, 2.75) is 78.6 Å². The van der Waals surface area contributed by atoms with Gasteiger partial charge in [0.15, 0.2) is 0 Å². The normalized spacial score (nSPS) is 13.4. The van der Waals surface area contributed by atoms with Crippen LogP contribution in [0.3, 0.4) is 0 Å². The average Bonchev–Trinajstić information content (AvgIpc) is 3.22. The van der Waals surface area contributed by atoms with E-state index in [-0.39, 0.29) is 16.2 Å². The second-order valence-corrected chi connectivity index (χ2v) is 20.9. The van der Waals surface area contributed by atoms with Crippen LogP contribution in [0.2, 0.25) is 0 Å². The van der Waals surface area contributed by atoms with E-state index in [1.807, 2.05) is 0 Å². The zero-order valence-electron chi connectivity index (χ0n) is 36.3. The lowest BCUT2D eigenvalue weighted by molar-refractivity contribution is 0.596. The van der Waals surface area contributed by atoms with Crippen molar-refractivity contribution in [2.75, 3.05) is 0 Å². The summed E-state index contributed by atoms with van der Waals surface area (Å²) in [5, 5.41) is 24.2. The van der Waals surface area contributed by atoms with Crippen LogP contribution < -0.4 is 0 Å². The van der Waals surface area contributed by atoms with Crippen molar-refractivity contribution in [1.29, 1.82) is 0 Å². The Bertz CT molecular complexity index is 3740. The molecule has 0 radical (unpaired) electrons. The molecular formula is C60H50. The Balaban J connectivity index is 1.17. The molecule has 0 nitrogen and oxygen atoms in total. The van der Waals surface area contributed by atoms with Crippen molar-refractivity contribution in [1.82, 2.24) is 0 Å². The molecule has 0 amide bonds. The Labute approximate surface area is 352 Å². The van der Waals surface area contributed by atoms with Gasteiger partial charge in [0.1, 0.15) is 0 Å². The number of benzene rings is 12. The summed E-state index contributed by atoms with van der Waals surface area (Å²) in [7, 11) is 0. The lowest BCUT2D eigenvalue weighted by Gasteiger charge is -2.27.